The number of hydrogen-bond donors (Lipinski definition) is 0. The molecule has 80 valence electrons. The van der Waals surface area contributed by atoms with E-state index in [2.05, 4.69) is 0 Å². The molecular weight excluding hydrogens is 188 g/mol. The highest BCUT2D eigenvalue weighted by Crippen LogP contribution is 2.31. The fourth-order valence-electron chi connectivity index (χ4n) is 2.26. The third kappa shape index (κ3) is 1.89. The smallest absolute Gasteiger partial charge is 0.150 e. The van der Waals surface area contributed by atoms with Gasteiger partial charge in [0.2, 0.25) is 0 Å². The van der Waals surface area contributed by atoms with Gasteiger partial charge in [0.25, 0.3) is 0 Å². The van der Waals surface area contributed by atoms with Crippen LogP contribution in [0.2, 0.25) is 0 Å². The summed E-state index contributed by atoms with van der Waals surface area (Å²) in [7, 11) is 0. The molecule has 0 heterocycles. The number of rotatable bonds is 3. The number of carbonyl (C=O) groups excluding carboxylic acids is 1. The second-order valence-electron chi connectivity index (χ2n) is 3.87. The molecule has 0 unspecified atom stereocenters. The standard InChI is InChI=1S/C13H16O2/c1-2-15-13-8-7-10(9-14)11-5-3-4-6-12(11)13/h7-9H,2-6H2,1H3. The molecule has 0 fully saturated rings. The van der Waals surface area contributed by atoms with Crippen LogP contribution in [0, 0.1) is 0 Å². The van der Waals surface area contributed by atoms with Crippen molar-refractivity contribution in [1.29, 1.82) is 0 Å². The molecule has 0 atom stereocenters. The van der Waals surface area contributed by atoms with E-state index in [1.54, 1.807) is 0 Å². The van der Waals surface area contributed by atoms with Gasteiger partial charge in [-0.15, -0.1) is 0 Å². The van der Waals surface area contributed by atoms with Crippen molar-refractivity contribution in [1.82, 2.24) is 0 Å². The normalized spacial score (nSPS) is 14.5. The topological polar surface area (TPSA) is 26.3 Å². The van der Waals surface area contributed by atoms with E-state index in [-0.39, 0.29) is 0 Å². The molecule has 0 saturated heterocycles. The van der Waals surface area contributed by atoms with E-state index < -0.39 is 0 Å². The summed E-state index contributed by atoms with van der Waals surface area (Å²) in [6, 6.07) is 3.81. The van der Waals surface area contributed by atoms with Gasteiger partial charge in [0, 0.05) is 5.56 Å². The minimum absolute atomic E-state index is 0.687. The van der Waals surface area contributed by atoms with E-state index in [1.807, 2.05) is 19.1 Å². The van der Waals surface area contributed by atoms with Crippen molar-refractivity contribution in [2.75, 3.05) is 6.61 Å². The number of benzene rings is 1. The van der Waals surface area contributed by atoms with Crippen LogP contribution in [-0.4, -0.2) is 12.9 Å². The Labute approximate surface area is 90.3 Å². The van der Waals surface area contributed by atoms with Gasteiger partial charge in [-0.2, -0.15) is 0 Å². The van der Waals surface area contributed by atoms with Crippen molar-refractivity contribution in [2.45, 2.75) is 32.6 Å². The quantitative estimate of drug-likeness (QED) is 0.708. The molecule has 1 aromatic carbocycles. The van der Waals surface area contributed by atoms with Gasteiger partial charge in [-0.25, -0.2) is 0 Å². The average molecular weight is 204 g/mol. The maximum Gasteiger partial charge on any atom is 0.150 e. The van der Waals surface area contributed by atoms with Crippen molar-refractivity contribution >= 4 is 6.29 Å². The van der Waals surface area contributed by atoms with Crippen LogP contribution >= 0.6 is 0 Å². The fraction of sp³-hybridized carbons (Fsp3) is 0.462. The number of ether oxygens (including phenoxy) is 1. The van der Waals surface area contributed by atoms with Gasteiger partial charge < -0.3 is 4.74 Å². The molecule has 1 aromatic rings. The molecule has 0 bridgehead atoms. The minimum Gasteiger partial charge on any atom is -0.494 e. The third-order valence-electron chi connectivity index (χ3n) is 2.95. The lowest BCUT2D eigenvalue weighted by molar-refractivity contribution is 0.112. The van der Waals surface area contributed by atoms with Crippen molar-refractivity contribution in [2.24, 2.45) is 0 Å². The summed E-state index contributed by atoms with van der Waals surface area (Å²) in [5, 5.41) is 0. The first-order valence-electron chi connectivity index (χ1n) is 5.59. The lowest BCUT2D eigenvalue weighted by atomic mass is 9.88. The van der Waals surface area contributed by atoms with Crippen molar-refractivity contribution in [3.63, 3.8) is 0 Å². The summed E-state index contributed by atoms with van der Waals surface area (Å²) in [5.74, 6) is 0.970. The van der Waals surface area contributed by atoms with Gasteiger partial charge in [-0.05, 0) is 55.9 Å². The van der Waals surface area contributed by atoms with Crippen LogP contribution < -0.4 is 4.74 Å². The Morgan fingerprint density at radius 2 is 2.00 bits per heavy atom. The molecule has 2 nitrogen and oxygen atoms in total. The maximum atomic E-state index is 10.9. The molecule has 0 spiro atoms. The molecule has 0 aromatic heterocycles. The first-order valence-corrected chi connectivity index (χ1v) is 5.59. The molecule has 2 rings (SSSR count). The molecule has 0 saturated carbocycles. The largest absolute Gasteiger partial charge is 0.494 e. The van der Waals surface area contributed by atoms with Gasteiger partial charge in [0.1, 0.15) is 12.0 Å². The van der Waals surface area contributed by atoms with Crippen LogP contribution in [-0.2, 0) is 12.8 Å². The summed E-state index contributed by atoms with van der Waals surface area (Å²) in [6.45, 7) is 2.68. The molecule has 0 radical (unpaired) electrons. The van der Waals surface area contributed by atoms with Crippen LogP contribution in [0.25, 0.3) is 0 Å². The van der Waals surface area contributed by atoms with E-state index in [4.69, 9.17) is 4.74 Å². The highest BCUT2D eigenvalue weighted by Gasteiger charge is 2.17. The highest BCUT2D eigenvalue weighted by atomic mass is 16.5. The SMILES string of the molecule is CCOc1ccc(C=O)c2c1CCCC2. The van der Waals surface area contributed by atoms with Gasteiger partial charge in [0.05, 0.1) is 6.61 Å². The molecular formula is C13H16O2. The van der Waals surface area contributed by atoms with E-state index in [0.717, 1.165) is 30.4 Å². The molecule has 15 heavy (non-hydrogen) atoms. The van der Waals surface area contributed by atoms with E-state index in [0.29, 0.717) is 6.61 Å². The van der Waals surface area contributed by atoms with Gasteiger partial charge in [-0.3, -0.25) is 4.79 Å². The summed E-state index contributed by atoms with van der Waals surface area (Å²) in [5.41, 5.74) is 3.31. The van der Waals surface area contributed by atoms with Gasteiger partial charge in [0.15, 0.2) is 0 Å². The first kappa shape index (κ1) is 10.2. The summed E-state index contributed by atoms with van der Waals surface area (Å²) < 4.78 is 5.59. The first-order chi connectivity index (χ1) is 7.36. The Morgan fingerprint density at radius 3 is 2.67 bits per heavy atom. The third-order valence-corrected chi connectivity index (χ3v) is 2.95. The Hall–Kier alpha value is -1.31. The molecule has 1 aliphatic rings. The number of aldehydes is 1. The maximum absolute atomic E-state index is 10.9. The molecule has 1 aliphatic carbocycles. The summed E-state index contributed by atoms with van der Waals surface area (Å²) in [4.78, 5) is 10.9. The highest BCUT2D eigenvalue weighted by molar-refractivity contribution is 5.79. The van der Waals surface area contributed by atoms with Crippen LogP contribution in [0.4, 0.5) is 0 Å². The van der Waals surface area contributed by atoms with Crippen molar-refractivity contribution in [3.8, 4) is 5.75 Å². The van der Waals surface area contributed by atoms with Gasteiger partial charge >= 0.3 is 0 Å². The predicted octanol–water partition coefficient (Wildman–Crippen LogP) is 2.78. The number of fused-ring (bicyclic) bond motifs is 1. The van der Waals surface area contributed by atoms with E-state index >= 15 is 0 Å². The second kappa shape index (κ2) is 4.47. The monoisotopic (exact) mass is 204 g/mol. The summed E-state index contributed by atoms with van der Waals surface area (Å²) in [6.07, 6.45) is 5.41. The molecule has 0 N–H and O–H groups in total. The average Bonchev–Trinajstić information content (AvgIpc) is 2.30. The summed E-state index contributed by atoms with van der Waals surface area (Å²) >= 11 is 0. The Bertz CT molecular complexity index is 369. The van der Waals surface area contributed by atoms with Crippen molar-refractivity contribution in [3.05, 3.63) is 28.8 Å². The Kier molecular flexibility index (Phi) is 3.05. The Balaban J connectivity index is 2.47. The molecule has 0 amide bonds. The zero-order chi connectivity index (χ0) is 10.7. The van der Waals surface area contributed by atoms with Crippen LogP contribution in [0.3, 0.4) is 0 Å². The van der Waals surface area contributed by atoms with Crippen LogP contribution in [0.5, 0.6) is 5.75 Å². The molecule has 2 heteroatoms. The predicted molar refractivity (Wildman–Crippen MR) is 59.6 cm³/mol. The number of hydrogen-bond acceptors (Lipinski definition) is 2. The van der Waals surface area contributed by atoms with Crippen molar-refractivity contribution < 1.29 is 9.53 Å². The lowest BCUT2D eigenvalue weighted by Gasteiger charge is -2.20. The Morgan fingerprint density at radius 1 is 1.27 bits per heavy atom. The van der Waals surface area contributed by atoms with Crippen LogP contribution in [0.15, 0.2) is 12.1 Å². The number of carbonyl (C=O) groups is 1. The zero-order valence-electron chi connectivity index (χ0n) is 9.08. The van der Waals surface area contributed by atoms with E-state index in [9.17, 15) is 4.79 Å². The second-order valence-corrected chi connectivity index (χ2v) is 3.87. The zero-order valence-corrected chi connectivity index (χ0v) is 9.08. The minimum atomic E-state index is 0.687. The van der Waals surface area contributed by atoms with Crippen LogP contribution in [0.1, 0.15) is 41.3 Å². The van der Waals surface area contributed by atoms with E-state index in [1.165, 1.54) is 24.0 Å². The molecule has 0 aliphatic heterocycles. The fourth-order valence-corrected chi connectivity index (χ4v) is 2.26. The lowest BCUT2D eigenvalue weighted by Crippen LogP contribution is -2.09. The van der Waals surface area contributed by atoms with Gasteiger partial charge in [-0.1, -0.05) is 0 Å².